The van der Waals surface area contributed by atoms with E-state index in [2.05, 4.69) is 19.2 Å². The summed E-state index contributed by atoms with van der Waals surface area (Å²) in [7, 11) is 4.99. The first-order valence-corrected chi connectivity index (χ1v) is 15.5. The topological polar surface area (TPSA) is 108 Å². The van der Waals surface area contributed by atoms with Gasteiger partial charge in [0, 0.05) is 34.2 Å². The molecule has 3 amide bonds. The van der Waals surface area contributed by atoms with E-state index < -0.39 is 30.3 Å². The maximum Gasteiger partial charge on any atom is 0.225 e. The number of carbonyl (C=O) groups is 3. The Morgan fingerprint density at radius 1 is 1.05 bits per heavy atom. The number of hydrogen-bond acceptors (Lipinski definition) is 6. The van der Waals surface area contributed by atoms with Crippen molar-refractivity contribution in [3.05, 3.63) is 35.9 Å². The van der Waals surface area contributed by atoms with E-state index in [0.717, 1.165) is 24.8 Å². The summed E-state index contributed by atoms with van der Waals surface area (Å²) in [5, 5.41) is 13.7. The van der Waals surface area contributed by atoms with E-state index in [1.165, 1.54) is 0 Å². The molecule has 1 aliphatic rings. The summed E-state index contributed by atoms with van der Waals surface area (Å²) in [6.45, 7) is 12.4. The lowest BCUT2D eigenvalue weighted by atomic mass is 9.90. The van der Waals surface area contributed by atoms with Crippen molar-refractivity contribution in [3.63, 3.8) is 0 Å². The van der Waals surface area contributed by atoms with Crippen LogP contribution in [0.5, 0.6) is 0 Å². The highest BCUT2D eigenvalue weighted by atomic mass is 16.5. The van der Waals surface area contributed by atoms with Crippen LogP contribution in [0.2, 0.25) is 0 Å². The zero-order chi connectivity index (χ0) is 31.6. The van der Waals surface area contributed by atoms with Crippen molar-refractivity contribution in [2.45, 2.75) is 110 Å². The van der Waals surface area contributed by atoms with E-state index in [0.29, 0.717) is 13.0 Å². The highest BCUT2D eigenvalue weighted by molar-refractivity contribution is 5.81. The number of rotatable bonds is 16. The van der Waals surface area contributed by atoms with Crippen LogP contribution in [0.3, 0.4) is 0 Å². The predicted molar refractivity (Wildman–Crippen MR) is 165 cm³/mol. The molecule has 0 spiro atoms. The van der Waals surface area contributed by atoms with Crippen LogP contribution in [0.25, 0.3) is 0 Å². The second-order valence-electron chi connectivity index (χ2n) is 12.4. The highest BCUT2D eigenvalue weighted by Gasteiger charge is 2.42. The molecule has 1 aromatic rings. The smallest absolute Gasteiger partial charge is 0.225 e. The van der Waals surface area contributed by atoms with Gasteiger partial charge in [-0.05, 0) is 37.2 Å². The van der Waals surface area contributed by atoms with Crippen LogP contribution in [0.4, 0.5) is 0 Å². The summed E-state index contributed by atoms with van der Waals surface area (Å²) < 4.78 is 11.8. The number of methoxy groups -OCH3 is 2. The highest BCUT2D eigenvalue weighted by Crippen LogP contribution is 2.30. The van der Waals surface area contributed by atoms with Gasteiger partial charge in [0.1, 0.15) is 0 Å². The average molecular weight is 590 g/mol. The molecule has 42 heavy (non-hydrogen) atoms. The fourth-order valence-electron chi connectivity index (χ4n) is 6.19. The van der Waals surface area contributed by atoms with Gasteiger partial charge in [0.15, 0.2) is 0 Å². The molecule has 0 saturated carbocycles. The first-order chi connectivity index (χ1) is 19.9. The maximum absolute atomic E-state index is 13.8. The van der Waals surface area contributed by atoms with Crippen LogP contribution in [0.15, 0.2) is 30.3 Å². The van der Waals surface area contributed by atoms with E-state index in [-0.39, 0.29) is 48.1 Å². The fourth-order valence-corrected chi connectivity index (χ4v) is 6.19. The lowest BCUT2D eigenvalue weighted by molar-refractivity contribution is -0.146. The molecular formula is C33H55N3O6. The van der Waals surface area contributed by atoms with E-state index in [1.807, 2.05) is 56.1 Å². The second kappa shape index (κ2) is 17.0. The van der Waals surface area contributed by atoms with E-state index in [1.54, 1.807) is 33.0 Å². The summed E-state index contributed by atoms with van der Waals surface area (Å²) in [6.07, 6.45) is 1.15. The average Bonchev–Trinajstić information content (AvgIpc) is 3.46. The van der Waals surface area contributed by atoms with Crippen molar-refractivity contribution >= 4 is 17.7 Å². The van der Waals surface area contributed by atoms with Crippen LogP contribution in [0, 0.1) is 17.8 Å². The number of nitrogens with one attached hydrogen (secondary N) is 1. The zero-order valence-electron chi connectivity index (χ0n) is 27.2. The Labute approximate surface area is 253 Å². The zero-order valence-corrected chi connectivity index (χ0v) is 27.2. The SMILES string of the molecule is CC[C@H](C)[C@@H]([C@@H](CC(=O)N1CCC[C@H]1[C@H](OC)[C@@H](C)C(=O)N[C@@H](C)[C@H](O)c1ccccc1)OC)N(C)C(=O)CC(C)C. The van der Waals surface area contributed by atoms with Crippen LogP contribution in [-0.4, -0.2) is 90.8 Å². The Balaban J connectivity index is 2.15. The van der Waals surface area contributed by atoms with Crippen molar-refractivity contribution in [3.8, 4) is 0 Å². The Morgan fingerprint density at radius 3 is 2.24 bits per heavy atom. The number of likely N-dealkylation sites (N-methyl/N-ethyl adjacent to an activating group) is 1. The quantitative estimate of drug-likeness (QED) is 0.299. The van der Waals surface area contributed by atoms with E-state index >= 15 is 0 Å². The number of aliphatic hydroxyl groups is 1. The monoisotopic (exact) mass is 589 g/mol. The predicted octanol–water partition coefficient (Wildman–Crippen LogP) is 4.19. The molecule has 0 unspecified atom stereocenters. The van der Waals surface area contributed by atoms with Gasteiger partial charge in [-0.15, -0.1) is 0 Å². The summed E-state index contributed by atoms with van der Waals surface area (Å²) in [6, 6.07) is 8.22. The third-order valence-electron chi connectivity index (χ3n) is 8.87. The summed E-state index contributed by atoms with van der Waals surface area (Å²) in [5.74, 6) is -0.424. The van der Waals surface area contributed by atoms with Crippen LogP contribution < -0.4 is 5.32 Å². The molecule has 1 fully saturated rings. The fraction of sp³-hybridized carbons (Fsp3) is 0.727. The molecule has 2 N–H and O–H groups in total. The molecule has 0 aromatic heterocycles. The minimum atomic E-state index is -0.845. The third-order valence-corrected chi connectivity index (χ3v) is 8.87. The Bertz CT molecular complexity index is 989. The largest absolute Gasteiger partial charge is 0.386 e. The van der Waals surface area contributed by atoms with Gasteiger partial charge in [-0.25, -0.2) is 0 Å². The molecule has 9 nitrogen and oxygen atoms in total. The van der Waals surface area contributed by atoms with Crippen LogP contribution in [-0.2, 0) is 23.9 Å². The first kappa shape index (κ1) is 35.7. The minimum absolute atomic E-state index is 0.0507. The number of aliphatic hydroxyl groups excluding tert-OH is 1. The molecule has 0 aliphatic carbocycles. The molecule has 9 heteroatoms. The van der Waals surface area contributed by atoms with Crippen molar-refractivity contribution in [2.75, 3.05) is 27.8 Å². The van der Waals surface area contributed by atoms with Crippen LogP contribution >= 0.6 is 0 Å². The van der Waals surface area contributed by atoms with E-state index in [4.69, 9.17) is 9.47 Å². The molecular weight excluding hydrogens is 534 g/mol. The van der Waals surface area contributed by atoms with Gasteiger partial charge in [-0.2, -0.15) is 0 Å². The molecule has 0 radical (unpaired) electrons. The summed E-state index contributed by atoms with van der Waals surface area (Å²) in [5.41, 5.74) is 0.730. The minimum Gasteiger partial charge on any atom is -0.386 e. The summed E-state index contributed by atoms with van der Waals surface area (Å²) in [4.78, 5) is 43.7. The molecule has 0 bridgehead atoms. The number of ether oxygens (including phenoxy) is 2. The number of nitrogens with zero attached hydrogens (tertiary/aromatic N) is 2. The van der Waals surface area contributed by atoms with Gasteiger partial charge in [-0.1, -0.05) is 71.4 Å². The summed E-state index contributed by atoms with van der Waals surface area (Å²) >= 11 is 0. The van der Waals surface area contributed by atoms with Crippen molar-refractivity contribution < 1.29 is 29.0 Å². The molecule has 238 valence electrons. The van der Waals surface area contributed by atoms with Gasteiger partial charge in [0.25, 0.3) is 0 Å². The lowest BCUT2D eigenvalue weighted by Crippen LogP contribution is -2.53. The molecule has 1 saturated heterocycles. The second-order valence-corrected chi connectivity index (χ2v) is 12.4. The van der Waals surface area contributed by atoms with Gasteiger partial charge in [0.05, 0.1) is 48.8 Å². The first-order valence-electron chi connectivity index (χ1n) is 15.5. The van der Waals surface area contributed by atoms with Gasteiger partial charge < -0.3 is 29.7 Å². The number of amides is 3. The Morgan fingerprint density at radius 2 is 1.69 bits per heavy atom. The normalized spacial score (nSPS) is 20.4. The maximum atomic E-state index is 13.8. The molecule has 2 rings (SSSR count). The standard InChI is InChI=1S/C33H55N3O6/c1-10-22(4)30(35(7)28(37)19-21(2)3)27(41-8)20-29(38)36-18-14-17-26(36)32(42-9)23(5)33(40)34-24(6)31(39)25-15-12-11-13-16-25/h11-13,15-16,21-24,26-27,30-32,39H,10,14,17-20H2,1-9H3,(H,34,40)/t22-,23+,24-,26-,27+,30-,31-,32+/m0/s1. The molecule has 1 aromatic carbocycles. The van der Waals surface area contributed by atoms with Crippen molar-refractivity contribution in [1.82, 2.24) is 15.1 Å². The number of benzene rings is 1. The molecule has 8 atom stereocenters. The molecule has 1 heterocycles. The van der Waals surface area contributed by atoms with Crippen molar-refractivity contribution in [2.24, 2.45) is 17.8 Å². The number of hydrogen-bond donors (Lipinski definition) is 2. The number of likely N-dealkylation sites (tertiary alicyclic amines) is 1. The Kier molecular flexibility index (Phi) is 14.4. The molecule has 1 aliphatic heterocycles. The van der Waals surface area contributed by atoms with Gasteiger partial charge in [-0.3, -0.25) is 14.4 Å². The number of carbonyl (C=O) groups excluding carboxylic acids is 3. The lowest BCUT2D eigenvalue weighted by Gasteiger charge is -2.39. The third kappa shape index (κ3) is 9.25. The van der Waals surface area contributed by atoms with Crippen LogP contribution in [0.1, 0.15) is 85.3 Å². The van der Waals surface area contributed by atoms with Gasteiger partial charge in [0.2, 0.25) is 17.7 Å². The Hall–Kier alpha value is -2.49. The van der Waals surface area contributed by atoms with Gasteiger partial charge >= 0.3 is 0 Å². The van der Waals surface area contributed by atoms with Crippen molar-refractivity contribution in [1.29, 1.82) is 0 Å². The van der Waals surface area contributed by atoms with E-state index in [9.17, 15) is 19.5 Å².